The van der Waals surface area contributed by atoms with Crippen LogP contribution in [0.5, 0.6) is 0 Å². The third-order valence-corrected chi connectivity index (χ3v) is 6.83. The largest absolute Gasteiger partial charge is 0.481 e. The molecule has 1 saturated heterocycles. The van der Waals surface area contributed by atoms with E-state index in [-0.39, 0.29) is 12.2 Å². The first-order valence-corrected chi connectivity index (χ1v) is 11.1. The first kappa shape index (κ1) is 21.5. The minimum absolute atomic E-state index is 0.183. The molecule has 1 fully saturated rings. The summed E-state index contributed by atoms with van der Waals surface area (Å²) in [5, 5.41) is 17.2. The van der Waals surface area contributed by atoms with E-state index in [1.807, 2.05) is 13.0 Å². The first-order valence-electron chi connectivity index (χ1n) is 10.3. The van der Waals surface area contributed by atoms with Crippen LogP contribution in [0.15, 0.2) is 40.8 Å². The Morgan fingerprint density at radius 2 is 2.06 bits per heavy atom. The Morgan fingerprint density at radius 1 is 1.32 bits per heavy atom. The number of piperidine rings is 1. The number of allylic oxidation sites excluding steroid dienone is 1. The zero-order valence-electron chi connectivity index (χ0n) is 17.6. The highest BCUT2D eigenvalue weighted by molar-refractivity contribution is 8.03. The Kier molecular flexibility index (Phi) is 6.11. The number of nitrogens with one attached hydrogen (secondary N) is 1. The van der Waals surface area contributed by atoms with Crippen molar-refractivity contribution in [1.82, 2.24) is 19.9 Å². The molecule has 0 atom stereocenters. The number of hydrogen-bond donors (Lipinski definition) is 2. The van der Waals surface area contributed by atoms with Crippen molar-refractivity contribution in [3.63, 3.8) is 0 Å². The highest BCUT2D eigenvalue weighted by Gasteiger charge is 2.20. The fourth-order valence-electron chi connectivity index (χ4n) is 3.87. The van der Waals surface area contributed by atoms with Crippen molar-refractivity contribution in [2.75, 3.05) is 13.1 Å². The van der Waals surface area contributed by atoms with Gasteiger partial charge in [0.15, 0.2) is 5.65 Å². The van der Waals surface area contributed by atoms with Gasteiger partial charge in [0.05, 0.1) is 24.0 Å². The van der Waals surface area contributed by atoms with Crippen molar-refractivity contribution in [2.45, 2.75) is 38.0 Å². The van der Waals surface area contributed by atoms with Crippen LogP contribution in [-0.4, -0.2) is 38.8 Å². The molecule has 6 nitrogen and oxygen atoms in total. The molecule has 0 unspecified atom stereocenters. The summed E-state index contributed by atoms with van der Waals surface area (Å²) < 4.78 is 16.4. The summed E-state index contributed by atoms with van der Waals surface area (Å²) in [7, 11) is 0. The number of carboxylic acids is 1. The number of halogens is 1. The van der Waals surface area contributed by atoms with Gasteiger partial charge in [-0.05, 0) is 74.4 Å². The molecule has 0 amide bonds. The van der Waals surface area contributed by atoms with Gasteiger partial charge in [-0.3, -0.25) is 4.79 Å². The third kappa shape index (κ3) is 4.65. The lowest BCUT2D eigenvalue weighted by Crippen LogP contribution is -2.27. The van der Waals surface area contributed by atoms with E-state index in [0.717, 1.165) is 41.4 Å². The Morgan fingerprint density at radius 3 is 2.77 bits per heavy atom. The summed E-state index contributed by atoms with van der Waals surface area (Å²) in [4.78, 5) is 17.6. The zero-order valence-corrected chi connectivity index (χ0v) is 18.4. The number of thioether (sulfide) groups is 1. The lowest BCUT2D eigenvalue weighted by Gasteiger charge is -2.24. The second kappa shape index (κ2) is 8.80. The molecule has 0 aliphatic carbocycles. The number of nitrogens with zero attached hydrogens (tertiary/aromatic N) is 3. The number of hydrogen-bond acceptors (Lipinski definition) is 5. The van der Waals surface area contributed by atoms with Gasteiger partial charge in [0.1, 0.15) is 5.82 Å². The van der Waals surface area contributed by atoms with Crippen LogP contribution >= 0.6 is 11.8 Å². The molecule has 4 rings (SSSR count). The van der Waals surface area contributed by atoms with Gasteiger partial charge in [-0.1, -0.05) is 18.3 Å². The number of aryl methyl sites for hydroxylation is 1. The third-order valence-electron chi connectivity index (χ3n) is 5.59. The van der Waals surface area contributed by atoms with Gasteiger partial charge in [0.2, 0.25) is 0 Å². The second-order valence-corrected chi connectivity index (χ2v) is 9.12. The lowest BCUT2D eigenvalue weighted by molar-refractivity contribution is -0.136. The van der Waals surface area contributed by atoms with E-state index in [1.165, 1.54) is 17.8 Å². The molecule has 162 valence electrons. The molecule has 0 spiro atoms. The van der Waals surface area contributed by atoms with E-state index in [4.69, 9.17) is 0 Å². The Labute approximate surface area is 184 Å². The highest BCUT2D eigenvalue weighted by Crippen LogP contribution is 2.38. The van der Waals surface area contributed by atoms with Crippen LogP contribution in [0.3, 0.4) is 0 Å². The number of aliphatic carboxylic acids is 1. The standard InChI is InChI=1S/C23H25FN4O2S/c1-13-12-28-23(26-13)18(11-22(29)30)9-20(27-28)17-8-19(24)14(2)21(10-17)31-15(3)16-4-6-25-7-5-16/h8-10,12,16,25H,3-7,11H2,1-2H3,(H,29,30). The molecule has 0 saturated carbocycles. The minimum Gasteiger partial charge on any atom is -0.481 e. The smallest absolute Gasteiger partial charge is 0.307 e. The van der Waals surface area contributed by atoms with Crippen LogP contribution in [0, 0.1) is 25.6 Å². The summed E-state index contributed by atoms with van der Waals surface area (Å²) in [6.07, 6.45) is 3.62. The predicted molar refractivity (Wildman–Crippen MR) is 120 cm³/mol. The van der Waals surface area contributed by atoms with Crippen molar-refractivity contribution in [3.05, 3.63) is 58.5 Å². The molecule has 0 bridgehead atoms. The van der Waals surface area contributed by atoms with Gasteiger partial charge in [-0.2, -0.15) is 5.10 Å². The van der Waals surface area contributed by atoms with Crippen LogP contribution in [0.25, 0.3) is 16.9 Å². The lowest BCUT2D eigenvalue weighted by atomic mass is 9.98. The Hall–Kier alpha value is -2.71. The molecule has 3 aromatic rings. The molecular formula is C23H25FN4O2S. The molecule has 1 aliphatic rings. The monoisotopic (exact) mass is 440 g/mol. The van der Waals surface area contributed by atoms with E-state index < -0.39 is 5.97 Å². The van der Waals surface area contributed by atoms with E-state index in [9.17, 15) is 14.3 Å². The number of carboxylic acid groups (broad SMARTS) is 1. The summed E-state index contributed by atoms with van der Waals surface area (Å²) in [6, 6.07) is 5.06. The predicted octanol–water partition coefficient (Wildman–Crippen LogP) is 4.38. The summed E-state index contributed by atoms with van der Waals surface area (Å²) >= 11 is 1.52. The molecule has 31 heavy (non-hydrogen) atoms. The number of fused-ring (bicyclic) bond motifs is 1. The van der Waals surface area contributed by atoms with Crippen molar-refractivity contribution < 1.29 is 14.3 Å². The molecular weight excluding hydrogens is 415 g/mol. The molecule has 3 heterocycles. The van der Waals surface area contributed by atoms with E-state index in [0.29, 0.717) is 33.9 Å². The van der Waals surface area contributed by atoms with Gasteiger partial charge < -0.3 is 10.4 Å². The quantitative estimate of drug-likeness (QED) is 0.554. The van der Waals surface area contributed by atoms with Crippen LogP contribution < -0.4 is 5.32 Å². The number of rotatable bonds is 6. The average molecular weight is 441 g/mol. The maximum atomic E-state index is 14.9. The van der Waals surface area contributed by atoms with Gasteiger partial charge in [0.25, 0.3) is 0 Å². The Bertz CT molecular complexity index is 1170. The van der Waals surface area contributed by atoms with Crippen molar-refractivity contribution in [3.8, 4) is 11.3 Å². The van der Waals surface area contributed by atoms with Crippen LogP contribution in [0.1, 0.15) is 29.7 Å². The minimum atomic E-state index is -0.954. The van der Waals surface area contributed by atoms with Crippen LogP contribution in [-0.2, 0) is 11.2 Å². The molecule has 8 heteroatoms. The molecule has 1 aromatic carbocycles. The topological polar surface area (TPSA) is 79.5 Å². The number of benzene rings is 1. The second-order valence-electron chi connectivity index (χ2n) is 7.95. The zero-order chi connectivity index (χ0) is 22.1. The van der Waals surface area contributed by atoms with Gasteiger partial charge in [-0.25, -0.2) is 13.9 Å². The number of carbonyl (C=O) groups is 1. The van der Waals surface area contributed by atoms with E-state index in [2.05, 4.69) is 22.0 Å². The van der Waals surface area contributed by atoms with Crippen molar-refractivity contribution in [2.24, 2.45) is 5.92 Å². The first-order chi connectivity index (χ1) is 14.8. The number of aromatic nitrogens is 3. The van der Waals surface area contributed by atoms with Crippen molar-refractivity contribution in [1.29, 1.82) is 0 Å². The fraction of sp³-hybridized carbons (Fsp3) is 0.348. The average Bonchev–Trinajstić information content (AvgIpc) is 3.12. The Balaban J connectivity index is 1.73. The molecule has 2 aromatic heterocycles. The van der Waals surface area contributed by atoms with Crippen LogP contribution in [0.4, 0.5) is 4.39 Å². The molecule has 2 N–H and O–H groups in total. The summed E-state index contributed by atoms with van der Waals surface area (Å²) in [6.45, 7) is 9.79. The van der Waals surface area contributed by atoms with E-state index >= 15 is 0 Å². The van der Waals surface area contributed by atoms with Crippen LogP contribution in [0.2, 0.25) is 0 Å². The normalized spacial score (nSPS) is 14.8. The van der Waals surface area contributed by atoms with E-state index in [1.54, 1.807) is 23.7 Å². The maximum Gasteiger partial charge on any atom is 0.307 e. The molecule has 1 aliphatic heterocycles. The van der Waals surface area contributed by atoms with Gasteiger partial charge >= 0.3 is 5.97 Å². The van der Waals surface area contributed by atoms with Gasteiger partial charge in [0, 0.05) is 16.0 Å². The summed E-state index contributed by atoms with van der Waals surface area (Å²) in [5.74, 6) is -0.867. The molecule has 0 radical (unpaired) electrons. The SMILES string of the molecule is C=C(Sc1cc(-c2cc(CC(=O)O)c3nc(C)cn3n2)cc(F)c1C)C1CCNCC1. The maximum absolute atomic E-state index is 14.9. The summed E-state index contributed by atoms with van der Waals surface area (Å²) in [5.41, 5.74) is 3.47. The fourth-order valence-corrected chi connectivity index (χ4v) is 4.99. The van der Waals surface area contributed by atoms with Crippen molar-refractivity contribution >= 4 is 23.4 Å². The number of imidazole rings is 1. The highest BCUT2D eigenvalue weighted by atomic mass is 32.2. The van der Waals surface area contributed by atoms with Gasteiger partial charge in [-0.15, -0.1) is 0 Å².